The summed E-state index contributed by atoms with van der Waals surface area (Å²) in [5, 5.41) is 7.25. The number of para-hydroxylation sites is 1. The van der Waals surface area contributed by atoms with Gasteiger partial charge in [-0.2, -0.15) is 0 Å². The topological polar surface area (TPSA) is 37.0 Å². The van der Waals surface area contributed by atoms with E-state index < -0.39 is 0 Å². The maximum atomic E-state index is 6.24. The van der Waals surface area contributed by atoms with Crippen LogP contribution in [0.5, 0.6) is 0 Å². The second-order valence-electron chi connectivity index (χ2n) is 5.82. The van der Waals surface area contributed by atoms with E-state index in [1.54, 1.807) is 13.1 Å². The fraction of sp³-hybridized carbons (Fsp3) is 0.312. The lowest BCUT2D eigenvalue weighted by molar-refractivity contribution is 0.592. The van der Waals surface area contributed by atoms with E-state index in [1.165, 1.54) is 5.56 Å². The minimum atomic E-state index is 0.0222. The van der Waals surface area contributed by atoms with Crippen LogP contribution >= 0.6 is 23.2 Å². The number of aromatic nitrogens is 1. The second kappa shape index (κ2) is 6.12. The highest BCUT2D eigenvalue weighted by Gasteiger charge is 2.18. The van der Waals surface area contributed by atoms with Crippen LogP contribution in [-0.2, 0) is 5.41 Å². The first-order valence-electron chi connectivity index (χ1n) is 6.73. The van der Waals surface area contributed by atoms with Crippen LogP contribution in [0.1, 0.15) is 26.3 Å². The van der Waals surface area contributed by atoms with Gasteiger partial charge < -0.3 is 10.6 Å². The van der Waals surface area contributed by atoms with Crippen LogP contribution < -0.4 is 10.6 Å². The predicted molar refractivity (Wildman–Crippen MR) is 92.2 cm³/mol. The van der Waals surface area contributed by atoms with Crippen molar-refractivity contribution in [3.63, 3.8) is 0 Å². The van der Waals surface area contributed by atoms with Gasteiger partial charge in [-0.1, -0.05) is 62.2 Å². The molecule has 0 radical (unpaired) electrons. The molecule has 5 heteroatoms. The molecule has 1 aromatic heterocycles. The fourth-order valence-corrected chi connectivity index (χ4v) is 2.60. The third-order valence-electron chi connectivity index (χ3n) is 3.15. The van der Waals surface area contributed by atoms with Crippen molar-refractivity contribution in [2.24, 2.45) is 0 Å². The van der Waals surface area contributed by atoms with Crippen LogP contribution in [0.25, 0.3) is 0 Å². The highest BCUT2D eigenvalue weighted by molar-refractivity contribution is 6.37. The SMILES string of the molecule is CNc1nc(Nc2ccccc2C(C)(C)C)c(Cl)cc1Cl. The van der Waals surface area contributed by atoms with E-state index in [0.717, 1.165) is 5.69 Å². The first-order chi connectivity index (χ1) is 9.82. The summed E-state index contributed by atoms with van der Waals surface area (Å²) in [4.78, 5) is 4.42. The molecule has 0 aliphatic carbocycles. The highest BCUT2D eigenvalue weighted by Crippen LogP contribution is 2.34. The van der Waals surface area contributed by atoms with Crippen LogP contribution in [-0.4, -0.2) is 12.0 Å². The van der Waals surface area contributed by atoms with Crippen molar-refractivity contribution < 1.29 is 0 Å². The lowest BCUT2D eigenvalue weighted by atomic mass is 9.86. The van der Waals surface area contributed by atoms with E-state index in [1.807, 2.05) is 18.2 Å². The van der Waals surface area contributed by atoms with Crippen molar-refractivity contribution in [2.45, 2.75) is 26.2 Å². The molecule has 21 heavy (non-hydrogen) atoms. The van der Waals surface area contributed by atoms with Gasteiger partial charge in [0.15, 0.2) is 5.82 Å². The zero-order chi connectivity index (χ0) is 15.6. The molecular weight excluding hydrogens is 305 g/mol. The van der Waals surface area contributed by atoms with Crippen LogP contribution in [0.4, 0.5) is 17.3 Å². The Bertz CT molecular complexity index is 648. The monoisotopic (exact) mass is 323 g/mol. The summed E-state index contributed by atoms with van der Waals surface area (Å²) in [5.41, 5.74) is 2.21. The van der Waals surface area contributed by atoms with Crippen LogP contribution in [0.3, 0.4) is 0 Å². The third-order valence-corrected chi connectivity index (χ3v) is 3.73. The summed E-state index contributed by atoms with van der Waals surface area (Å²) in [6.07, 6.45) is 0. The van der Waals surface area contributed by atoms with Crippen LogP contribution in [0, 0.1) is 0 Å². The minimum absolute atomic E-state index is 0.0222. The number of nitrogens with zero attached hydrogens (tertiary/aromatic N) is 1. The Balaban J connectivity index is 2.44. The number of benzene rings is 1. The van der Waals surface area contributed by atoms with E-state index in [2.05, 4.69) is 42.5 Å². The van der Waals surface area contributed by atoms with Gasteiger partial charge >= 0.3 is 0 Å². The van der Waals surface area contributed by atoms with E-state index in [-0.39, 0.29) is 5.41 Å². The Kier molecular flexibility index (Phi) is 4.64. The number of nitrogens with one attached hydrogen (secondary N) is 2. The van der Waals surface area contributed by atoms with Crippen LogP contribution in [0.15, 0.2) is 30.3 Å². The zero-order valence-corrected chi connectivity index (χ0v) is 14.1. The van der Waals surface area contributed by atoms with Gasteiger partial charge in [0.25, 0.3) is 0 Å². The van der Waals surface area contributed by atoms with Crippen molar-refractivity contribution >= 4 is 40.5 Å². The number of rotatable bonds is 3. The van der Waals surface area contributed by atoms with Crippen molar-refractivity contribution in [2.75, 3.05) is 17.7 Å². The van der Waals surface area contributed by atoms with Gasteiger partial charge in [-0.3, -0.25) is 0 Å². The van der Waals surface area contributed by atoms with Gasteiger partial charge in [-0.15, -0.1) is 0 Å². The molecule has 0 unspecified atom stereocenters. The average molecular weight is 324 g/mol. The molecule has 0 atom stereocenters. The molecule has 1 heterocycles. The van der Waals surface area contributed by atoms with Crippen molar-refractivity contribution in [3.8, 4) is 0 Å². The van der Waals surface area contributed by atoms with Crippen molar-refractivity contribution in [3.05, 3.63) is 45.9 Å². The predicted octanol–water partition coefficient (Wildman–Crippen LogP) is 5.47. The Labute approximate surface area is 135 Å². The van der Waals surface area contributed by atoms with Gasteiger partial charge in [0.2, 0.25) is 0 Å². The normalized spacial score (nSPS) is 11.3. The molecule has 0 aliphatic rings. The molecule has 0 fully saturated rings. The molecule has 2 aromatic rings. The maximum Gasteiger partial charge on any atom is 0.151 e. The number of pyridine rings is 1. The van der Waals surface area contributed by atoms with Crippen molar-refractivity contribution in [1.82, 2.24) is 4.98 Å². The first kappa shape index (κ1) is 15.9. The van der Waals surface area contributed by atoms with Gasteiger partial charge in [-0.05, 0) is 23.1 Å². The third kappa shape index (κ3) is 3.60. The molecule has 2 N–H and O–H groups in total. The number of anilines is 3. The highest BCUT2D eigenvalue weighted by atomic mass is 35.5. The Morgan fingerprint density at radius 2 is 1.62 bits per heavy atom. The second-order valence-corrected chi connectivity index (χ2v) is 6.63. The lowest BCUT2D eigenvalue weighted by Crippen LogP contribution is -2.14. The minimum Gasteiger partial charge on any atom is -0.372 e. The summed E-state index contributed by atoms with van der Waals surface area (Å²) >= 11 is 12.3. The average Bonchev–Trinajstić information content (AvgIpc) is 2.41. The molecule has 112 valence electrons. The van der Waals surface area contributed by atoms with E-state index >= 15 is 0 Å². The Morgan fingerprint density at radius 3 is 2.24 bits per heavy atom. The molecule has 1 aromatic carbocycles. The summed E-state index contributed by atoms with van der Waals surface area (Å²) in [6, 6.07) is 9.82. The number of hydrogen-bond donors (Lipinski definition) is 2. The van der Waals surface area contributed by atoms with Gasteiger partial charge in [0.05, 0.1) is 10.0 Å². The molecular formula is C16H19Cl2N3. The molecule has 0 amide bonds. The molecule has 0 spiro atoms. The van der Waals surface area contributed by atoms with Gasteiger partial charge in [-0.25, -0.2) is 4.98 Å². The maximum absolute atomic E-state index is 6.24. The molecule has 0 saturated carbocycles. The zero-order valence-electron chi connectivity index (χ0n) is 12.6. The van der Waals surface area contributed by atoms with Crippen molar-refractivity contribution in [1.29, 1.82) is 0 Å². The molecule has 0 aliphatic heterocycles. The fourth-order valence-electron chi connectivity index (χ4n) is 2.10. The van der Waals surface area contributed by atoms with Gasteiger partial charge in [0.1, 0.15) is 5.82 Å². The molecule has 2 rings (SSSR count). The summed E-state index contributed by atoms with van der Waals surface area (Å²) in [5.74, 6) is 1.18. The lowest BCUT2D eigenvalue weighted by Gasteiger charge is -2.23. The molecule has 0 bridgehead atoms. The standard InChI is InChI=1S/C16H19Cl2N3/c1-16(2,3)10-7-5-6-8-13(10)20-15-12(18)9-11(17)14(19-4)21-15/h5-9H,1-4H3,(H2,19,20,21). The quantitative estimate of drug-likeness (QED) is 0.786. The van der Waals surface area contributed by atoms with Crippen LogP contribution in [0.2, 0.25) is 10.0 Å². The summed E-state index contributed by atoms with van der Waals surface area (Å²) in [6.45, 7) is 6.51. The smallest absolute Gasteiger partial charge is 0.151 e. The summed E-state index contributed by atoms with van der Waals surface area (Å²) in [7, 11) is 1.77. The Morgan fingerprint density at radius 1 is 1.00 bits per heavy atom. The van der Waals surface area contributed by atoms with Gasteiger partial charge in [0, 0.05) is 12.7 Å². The van der Waals surface area contributed by atoms with E-state index in [4.69, 9.17) is 23.2 Å². The molecule has 0 saturated heterocycles. The Hall–Kier alpha value is -1.45. The number of hydrogen-bond acceptors (Lipinski definition) is 3. The number of halogens is 2. The van der Waals surface area contributed by atoms with E-state index in [0.29, 0.717) is 21.7 Å². The first-order valence-corrected chi connectivity index (χ1v) is 7.49. The van der Waals surface area contributed by atoms with E-state index in [9.17, 15) is 0 Å². The summed E-state index contributed by atoms with van der Waals surface area (Å²) < 4.78 is 0. The molecule has 3 nitrogen and oxygen atoms in total. The largest absolute Gasteiger partial charge is 0.372 e.